The van der Waals surface area contributed by atoms with Crippen LogP contribution in [0.3, 0.4) is 0 Å². The number of nitrogens with zero attached hydrogens (tertiary/aromatic N) is 3. The van der Waals surface area contributed by atoms with Crippen molar-refractivity contribution in [1.82, 2.24) is 14.8 Å². The van der Waals surface area contributed by atoms with E-state index in [4.69, 9.17) is 16.3 Å². The van der Waals surface area contributed by atoms with Gasteiger partial charge in [0.05, 0.1) is 19.0 Å². The van der Waals surface area contributed by atoms with Gasteiger partial charge in [-0.05, 0) is 86.0 Å². The molecule has 0 atom stereocenters. The van der Waals surface area contributed by atoms with Gasteiger partial charge >= 0.3 is 0 Å². The summed E-state index contributed by atoms with van der Waals surface area (Å²) in [6.07, 6.45) is 3.18. The molecule has 1 aromatic heterocycles. The Morgan fingerprint density at radius 3 is 2.29 bits per heavy atom. The summed E-state index contributed by atoms with van der Waals surface area (Å²) in [5, 5.41) is 5.97. The number of fused-ring (bicyclic) bond motifs is 1. The number of hydrogen-bond acceptors (Lipinski definition) is 6. The highest BCUT2D eigenvalue weighted by Crippen LogP contribution is 2.36. The Bertz CT molecular complexity index is 2080. The maximum absolute atomic E-state index is 13.6. The van der Waals surface area contributed by atoms with Gasteiger partial charge in [0, 0.05) is 76.4 Å². The van der Waals surface area contributed by atoms with Crippen LogP contribution in [0.2, 0.25) is 5.02 Å². The van der Waals surface area contributed by atoms with Gasteiger partial charge in [0.15, 0.2) is 0 Å². The van der Waals surface area contributed by atoms with Gasteiger partial charge in [-0.2, -0.15) is 0 Å². The normalized spacial score (nSPS) is 12.6. The van der Waals surface area contributed by atoms with Crippen LogP contribution >= 0.6 is 11.6 Å². The van der Waals surface area contributed by atoms with Gasteiger partial charge in [0.25, 0.3) is 17.7 Å². The Hall–Kier alpha value is -5.15. The number of amides is 3. The monoisotopic (exact) mass is 678 g/mol. The lowest BCUT2D eigenvalue weighted by Crippen LogP contribution is -2.41. The van der Waals surface area contributed by atoms with Crippen LogP contribution in [0.15, 0.2) is 72.8 Å². The van der Waals surface area contributed by atoms with E-state index in [9.17, 15) is 19.2 Å². The molecule has 10 heteroatoms. The number of aromatic nitrogens is 1. The molecule has 1 N–H and O–H groups in total. The smallest absolute Gasteiger partial charge is 0.262 e. The Balaban J connectivity index is 1.03. The van der Waals surface area contributed by atoms with Crippen molar-refractivity contribution < 1.29 is 23.9 Å². The maximum Gasteiger partial charge on any atom is 0.262 e. The summed E-state index contributed by atoms with van der Waals surface area (Å²) < 4.78 is 7.08. The lowest BCUT2D eigenvalue weighted by atomic mass is 9.92. The molecule has 1 aliphatic heterocycles. The molecule has 9 nitrogen and oxygen atoms in total. The van der Waals surface area contributed by atoms with Gasteiger partial charge in [-0.25, -0.2) is 0 Å². The van der Waals surface area contributed by atoms with E-state index in [1.54, 1.807) is 48.1 Å². The number of benzene rings is 4. The van der Waals surface area contributed by atoms with Crippen LogP contribution in [-0.2, 0) is 11.2 Å². The summed E-state index contributed by atoms with van der Waals surface area (Å²) in [6.45, 7) is 2.69. The summed E-state index contributed by atoms with van der Waals surface area (Å²) in [5.74, 6) is -0.217. The average molecular weight is 679 g/mol. The molecule has 0 unspecified atom stereocenters. The van der Waals surface area contributed by atoms with E-state index in [-0.39, 0.29) is 30.0 Å². The van der Waals surface area contributed by atoms with Gasteiger partial charge in [0.1, 0.15) is 5.75 Å². The predicted octanol–water partition coefficient (Wildman–Crippen LogP) is 7.03. The number of methoxy groups -OCH3 is 1. The van der Waals surface area contributed by atoms with Gasteiger partial charge in [0.2, 0.25) is 5.91 Å². The van der Waals surface area contributed by atoms with Crippen LogP contribution in [0.25, 0.3) is 21.7 Å². The lowest BCUT2D eigenvalue weighted by Gasteiger charge is -2.28. The van der Waals surface area contributed by atoms with Gasteiger partial charge in [-0.15, -0.1) is 0 Å². The van der Waals surface area contributed by atoms with E-state index in [2.05, 4.69) is 5.32 Å². The van der Waals surface area contributed by atoms with Crippen molar-refractivity contribution in [2.45, 2.75) is 39.0 Å². The third-order valence-corrected chi connectivity index (χ3v) is 9.51. The molecule has 5 aromatic rings. The molecular formula is C39H39ClN4O5. The highest BCUT2D eigenvalue weighted by atomic mass is 35.5. The van der Waals surface area contributed by atoms with E-state index in [1.165, 1.54) is 4.90 Å². The van der Waals surface area contributed by atoms with Crippen LogP contribution < -0.4 is 15.0 Å². The first kappa shape index (κ1) is 33.7. The van der Waals surface area contributed by atoms with E-state index >= 15 is 0 Å². The molecular weight excluding hydrogens is 640 g/mol. The summed E-state index contributed by atoms with van der Waals surface area (Å²) in [4.78, 5) is 56.7. The number of carbonyl (C=O) groups excluding carboxylic acids is 4. The van der Waals surface area contributed by atoms with Crippen LogP contribution in [0.5, 0.6) is 5.75 Å². The molecule has 4 aromatic carbocycles. The highest BCUT2D eigenvalue weighted by molar-refractivity contribution is 6.30. The van der Waals surface area contributed by atoms with Crippen molar-refractivity contribution in [2.24, 2.45) is 0 Å². The molecule has 0 saturated heterocycles. The SMILES string of the molecule is COc1ccc2c(c1)c(CC(=O)NCCCCCCN1C(=O)c3cccc4c(N(C)C)ccc(c34)C1=O)c(C)n2C(=O)c1ccc(Cl)cc1. The zero-order valence-corrected chi connectivity index (χ0v) is 28.9. The fourth-order valence-electron chi connectivity index (χ4n) is 6.72. The van der Waals surface area contributed by atoms with Crippen LogP contribution in [0.1, 0.15) is 68.0 Å². The number of rotatable bonds is 12. The Morgan fingerprint density at radius 2 is 1.57 bits per heavy atom. The Labute approximate surface area is 290 Å². The fraction of sp³-hybridized carbons (Fsp3) is 0.282. The lowest BCUT2D eigenvalue weighted by molar-refractivity contribution is -0.120. The minimum atomic E-state index is -0.254. The molecule has 3 amide bonds. The zero-order chi connectivity index (χ0) is 34.8. The van der Waals surface area contributed by atoms with E-state index in [1.807, 2.05) is 62.3 Å². The van der Waals surface area contributed by atoms with Crippen molar-refractivity contribution >= 4 is 62.6 Å². The third-order valence-electron chi connectivity index (χ3n) is 9.25. The summed E-state index contributed by atoms with van der Waals surface area (Å²) >= 11 is 6.04. The summed E-state index contributed by atoms with van der Waals surface area (Å²) in [7, 11) is 5.47. The molecule has 49 heavy (non-hydrogen) atoms. The third kappa shape index (κ3) is 6.50. The second kappa shape index (κ2) is 14.1. The largest absolute Gasteiger partial charge is 0.497 e. The van der Waals surface area contributed by atoms with Crippen LogP contribution in [-0.4, -0.2) is 67.4 Å². The first-order valence-electron chi connectivity index (χ1n) is 16.4. The van der Waals surface area contributed by atoms with E-state index in [0.29, 0.717) is 58.2 Å². The molecule has 0 fully saturated rings. The van der Waals surface area contributed by atoms with Crippen molar-refractivity contribution in [2.75, 3.05) is 39.2 Å². The minimum absolute atomic E-state index is 0.111. The summed E-state index contributed by atoms with van der Waals surface area (Å²) in [5.41, 5.74) is 4.73. The number of ether oxygens (including phenoxy) is 1. The molecule has 0 bridgehead atoms. The maximum atomic E-state index is 13.6. The number of nitrogens with one attached hydrogen (secondary N) is 1. The van der Waals surface area contributed by atoms with Crippen molar-refractivity contribution in [1.29, 1.82) is 0 Å². The first-order valence-corrected chi connectivity index (χ1v) is 16.8. The Kier molecular flexibility index (Phi) is 9.74. The highest BCUT2D eigenvalue weighted by Gasteiger charge is 2.33. The molecule has 1 aliphatic rings. The zero-order valence-electron chi connectivity index (χ0n) is 28.1. The van der Waals surface area contributed by atoms with Crippen molar-refractivity contribution in [3.05, 3.63) is 106 Å². The molecule has 0 spiro atoms. The van der Waals surface area contributed by atoms with E-state index in [0.717, 1.165) is 46.7 Å². The average Bonchev–Trinajstić information content (AvgIpc) is 3.37. The second-order valence-corrected chi connectivity index (χ2v) is 13.0. The fourth-order valence-corrected chi connectivity index (χ4v) is 6.84. The standard InChI is InChI=1S/C39H39ClN4O5/c1-24-31(32-22-27(49-4)16-18-34(32)44(24)37(46)25-12-14-26(40)15-13-25)23-35(45)41-20-7-5-6-8-21-43-38(47)29-11-9-10-28-33(42(2)3)19-17-30(36(28)29)39(43)48/h9-19,22H,5-8,20-21,23H2,1-4H3,(H,41,45). The molecule has 252 valence electrons. The molecule has 6 rings (SSSR count). The predicted molar refractivity (Wildman–Crippen MR) is 193 cm³/mol. The number of halogens is 1. The van der Waals surface area contributed by atoms with Gasteiger partial charge < -0.3 is 15.0 Å². The molecule has 0 aliphatic carbocycles. The number of anilines is 1. The number of imide groups is 1. The number of carbonyl (C=O) groups is 4. The van der Waals surface area contributed by atoms with Crippen LogP contribution in [0.4, 0.5) is 5.69 Å². The quantitative estimate of drug-likeness (QED) is 0.112. The first-order chi connectivity index (χ1) is 23.6. The Morgan fingerprint density at radius 1 is 0.857 bits per heavy atom. The van der Waals surface area contributed by atoms with Crippen LogP contribution in [0, 0.1) is 6.92 Å². The molecule has 0 saturated carbocycles. The van der Waals surface area contributed by atoms with Crippen molar-refractivity contribution in [3.8, 4) is 5.75 Å². The minimum Gasteiger partial charge on any atom is -0.497 e. The van der Waals surface area contributed by atoms with Crippen molar-refractivity contribution in [3.63, 3.8) is 0 Å². The second-order valence-electron chi connectivity index (χ2n) is 12.6. The van der Waals surface area contributed by atoms with Gasteiger partial charge in [-0.1, -0.05) is 36.6 Å². The number of unbranched alkanes of at least 4 members (excludes halogenated alkanes) is 3. The molecule has 0 radical (unpaired) electrons. The van der Waals surface area contributed by atoms with E-state index < -0.39 is 0 Å². The number of hydrogen-bond donors (Lipinski definition) is 1. The van der Waals surface area contributed by atoms with Gasteiger partial charge in [-0.3, -0.25) is 28.6 Å². The summed E-state index contributed by atoms with van der Waals surface area (Å²) in [6, 6.07) is 21.6. The topological polar surface area (TPSA) is 101 Å². The molecule has 2 heterocycles.